The number of aromatic nitrogens is 6. The summed E-state index contributed by atoms with van der Waals surface area (Å²) >= 11 is 12.3. The fourth-order valence-electron chi connectivity index (χ4n) is 10.6. The van der Waals surface area contributed by atoms with E-state index >= 15 is 0 Å². The summed E-state index contributed by atoms with van der Waals surface area (Å²) in [5, 5.41) is 9.41. The monoisotopic (exact) mass is 1230 g/mol. The molecule has 4 aromatic heterocycles. The predicted octanol–water partition coefficient (Wildman–Crippen LogP) is 9.58. The second-order valence-corrected chi connectivity index (χ2v) is 25.4. The first-order valence-electron chi connectivity index (χ1n) is 27.4. The molecule has 0 unspecified atom stereocenters. The van der Waals surface area contributed by atoms with Crippen molar-refractivity contribution in [3.05, 3.63) is 180 Å². The van der Waals surface area contributed by atoms with Gasteiger partial charge in [0.1, 0.15) is 21.4 Å². The zero-order valence-electron chi connectivity index (χ0n) is 47.4. The van der Waals surface area contributed by atoms with Crippen molar-refractivity contribution in [2.75, 3.05) is 96.3 Å². The van der Waals surface area contributed by atoms with E-state index in [-0.39, 0.29) is 31.7 Å². The van der Waals surface area contributed by atoms with Gasteiger partial charge < -0.3 is 31.1 Å². The van der Waals surface area contributed by atoms with Gasteiger partial charge in [-0.2, -0.15) is 19.2 Å². The number of carbonyl (C=O) groups is 2. The Morgan fingerprint density at radius 3 is 1.16 bits per heavy atom. The Labute approximate surface area is 508 Å². The van der Waals surface area contributed by atoms with Crippen molar-refractivity contribution in [1.29, 1.82) is 0 Å². The molecule has 86 heavy (non-hydrogen) atoms. The SMILES string of the molecule is CC(=O)N1CCN(c2cccc(-c3cnn4c(N)c(-c5ccc(N(C)S(=O)(=O)c6ccccc6Cl)cc5)cnc34)c2)CC1.CC(=O)N1CCN(c2cccc(-c3cnn4c(N)c(-c5ccc(N(C)S(=O)(=O)c6ccccc6Cl)cc5)cnc34)c2)CC1. The third-order valence-corrected chi connectivity index (χ3v) is 20.2. The van der Waals surface area contributed by atoms with E-state index in [1.165, 1.54) is 34.8 Å². The maximum Gasteiger partial charge on any atom is 0.265 e. The number of nitrogen functional groups attached to an aromatic ring is 2. The van der Waals surface area contributed by atoms with Crippen molar-refractivity contribution in [3.63, 3.8) is 0 Å². The quantitative estimate of drug-likeness (QED) is 0.116. The summed E-state index contributed by atoms with van der Waals surface area (Å²) < 4.78 is 58.3. The molecule has 20 nitrogen and oxygen atoms in total. The third-order valence-electron chi connectivity index (χ3n) is 15.7. The van der Waals surface area contributed by atoms with E-state index in [1.54, 1.807) is 133 Å². The summed E-state index contributed by atoms with van der Waals surface area (Å²) in [6.45, 7) is 9.10. The lowest BCUT2D eigenvalue weighted by Crippen LogP contribution is -2.48. The number of halogens is 2. The van der Waals surface area contributed by atoms with Gasteiger partial charge in [-0.05, 0) is 95.1 Å². The topological polar surface area (TPSA) is 234 Å². The minimum Gasteiger partial charge on any atom is -0.383 e. The zero-order valence-corrected chi connectivity index (χ0v) is 50.5. The lowest BCUT2D eigenvalue weighted by atomic mass is 10.1. The molecule has 0 aliphatic carbocycles. The Morgan fingerprint density at radius 2 is 0.814 bits per heavy atom. The summed E-state index contributed by atoms with van der Waals surface area (Å²) in [4.78, 5) is 41.2. The number of nitrogens with zero attached hydrogens (tertiary/aromatic N) is 12. The van der Waals surface area contributed by atoms with Gasteiger partial charge in [-0.1, -0.05) is 96.0 Å². The van der Waals surface area contributed by atoms with Crippen molar-refractivity contribution < 1.29 is 26.4 Å². The fourth-order valence-corrected chi connectivity index (χ4v) is 14.0. The number of sulfonamides is 2. The molecular formula is C62H60Cl2N14O6S2. The molecule has 6 heterocycles. The van der Waals surface area contributed by atoms with Crippen LogP contribution in [0.2, 0.25) is 10.0 Å². The molecule has 4 N–H and O–H groups in total. The molecule has 2 amide bonds. The molecule has 2 aliphatic rings. The first-order valence-corrected chi connectivity index (χ1v) is 31.1. The molecule has 0 atom stereocenters. The molecule has 440 valence electrons. The van der Waals surface area contributed by atoms with Gasteiger partial charge in [0.05, 0.1) is 33.8 Å². The van der Waals surface area contributed by atoms with E-state index in [0.717, 1.165) is 70.9 Å². The highest BCUT2D eigenvalue weighted by molar-refractivity contribution is 7.93. The van der Waals surface area contributed by atoms with Gasteiger partial charge in [0.2, 0.25) is 11.8 Å². The maximum absolute atomic E-state index is 13.2. The molecule has 0 radical (unpaired) electrons. The van der Waals surface area contributed by atoms with E-state index in [2.05, 4.69) is 44.3 Å². The van der Waals surface area contributed by atoms with E-state index in [9.17, 15) is 26.4 Å². The summed E-state index contributed by atoms with van der Waals surface area (Å²) in [5.74, 6) is 1.04. The molecular weight excluding hydrogens is 1170 g/mol. The van der Waals surface area contributed by atoms with E-state index < -0.39 is 20.0 Å². The second-order valence-electron chi connectivity index (χ2n) is 20.7. The summed E-state index contributed by atoms with van der Waals surface area (Å²) in [7, 11) is -4.72. The Balaban J connectivity index is 0.000000179. The third kappa shape index (κ3) is 11.4. The van der Waals surface area contributed by atoms with Crippen LogP contribution in [-0.4, -0.2) is 134 Å². The highest BCUT2D eigenvalue weighted by Crippen LogP contribution is 2.37. The van der Waals surface area contributed by atoms with Crippen LogP contribution in [-0.2, 0) is 29.6 Å². The molecule has 0 bridgehead atoms. The van der Waals surface area contributed by atoms with Crippen LogP contribution in [0.1, 0.15) is 13.8 Å². The smallest absolute Gasteiger partial charge is 0.265 e. The molecule has 2 fully saturated rings. The van der Waals surface area contributed by atoms with Crippen molar-refractivity contribution in [2.24, 2.45) is 0 Å². The maximum atomic E-state index is 13.2. The van der Waals surface area contributed by atoms with Crippen LogP contribution in [0.3, 0.4) is 0 Å². The summed E-state index contributed by atoms with van der Waals surface area (Å²) in [6, 6.07) is 43.2. The van der Waals surface area contributed by atoms with E-state index in [4.69, 9.17) is 44.6 Å². The van der Waals surface area contributed by atoms with Crippen LogP contribution in [0, 0.1) is 0 Å². The summed E-state index contributed by atoms with van der Waals surface area (Å²) in [5.41, 5.74) is 24.0. The largest absolute Gasteiger partial charge is 0.383 e. The van der Waals surface area contributed by atoms with Crippen molar-refractivity contribution in [3.8, 4) is 44.5 Å². The normalized spacial score (nSPS) is 13.8. The molecule has 0 saturated carbocycles. The Kier molecular flexibility index (Phi) is 16.4. The number of piperazine rings is 2. The van der Waals surface area contributed by atoms with Gasteiger partial charge in [-0.15, -0.1) is 0 Å². The number of hydrogen-bond acceptors (Lipinski definition) is 14. The van der Waals surface area contributed by atoms with Crippen molar-refractivity contribution in [2.45, 2.75) is 23.6 Å². The highest BCUT2D eigenvalue weighted by atomic mass is 35.5. The molecule has 12 rings (SSSR count). The van der Waals surface area contributed by atoms with E-state index in [0.29, 0.717) is 71.6 Å². The average Bonchev–Trinajstić information content (AvgIpc) is 2.72. The number of amides is 2. The second kappa shape index (κ2) is 24.0. The number of hydrogen-bond donors (Lipinski definition) is 2. The molecule has 0 spiro atoms. The van der Waals surface area contributed by atoms with Gasteiger partial charge in [0.15, 0.2) is 11.3 Å². The Morgan fingerprint density at radius 1 is 0.453 bits per heavy atom. The van der Waals surface area contributed by atoms with Crippen LogP contribution < -0.4 is 29.9 Å². The summed E-state index contributed by atoms with van der Waals surface area (Å²) in [6.07, 6.45) is 6.93. The van der Waals surface area contributed by atoms with Crippen LogP contribution in [0.4, 0.5) is 34.4 Å². The first-order chi connectivity index (χ1) is 41.3. The van der Waals surface area contributed by atoms with Gasteiger partial charge in [0, 0.05) is 126 Å². The van der Waals surface area contributed by atoms with Gasteiger partial charge in [-0.25, -0.2) is 26.8 Å². The minimum absolute atomic E-state index is 0.0396. The van der Waals surface area contributed by atoms with Crippen LogP contribution in [0.5, 0.6) is 0 Å². The standard InChI is InChI=1S/2C31H30ClN7O3S/c2*1-21(40)37-14-16-38(17-15-37)25-7-5-6-23(18-25)27-20-35-39-30(33)26(19-34-31(27)39)22-10-12-24(13-11-22)36(2)43(41,42)29-9-4-3-8-28(29)32/h2*3-13,18-20H,14-17,33H2,1-2H3. The Bertz CT molecular complexity index is 4150. The lowest BCUT2D eigenvalue weighted by molar-refractivity contribution is -0.129. The van der Waals surface area contributed by atoms with Crippen LogP contribution in [0.25, 0.3) is 55.8 Å². The lowest BCUT2D eigenvalue weighted by Gasteiger charge is -2.35. The highest BCUT2D eigenvalue weighted by Gasteiger charge is 2.27. The molecule has 2 aliphatic heterocycles. The van der Waals surface area contributed by atoms with Gasteiger partial charge >= 0.3 is 0 Å². The number of fused-ring (bicyclic) bond motifs is 2. The average molecular weight is 1230 g/mol. The number of benzene rings is 6. The predicted molar refractivity (Wildman–Crippen MR) is 340 cm³/mol. The van der Waals surface area contributed by atoms with E-state index in [1.807, 2.05) is 34.1 Å². The van der Waals surface area contributed by atoms with Gasteiger partial charge in [0.25, 0.3) is 20.0 Å². The number of rotatable bonds is 12. The molecule has 24 heteroatoms. The molecule has 2 saturated heterocycles. The van der Waals surface area contributed by atoms with Crippen molar-refractivity contribution >= 4 is 101 Å². The zero-order chi connectivity index (χ0) is 60.6. The molecule has 10 aromatic rings. The van der Waals surface area contributed by atoms with Crippen molar-refractivity contribution in [1.82, 2.24) is 39.0 Å². The van der Waals surface area contributed by atoms with Crippen LogP contribution in [0.15, 0.2) is 180 Å². The van der Waals surface area contributed by atoms with Gasteiger partial charge in [-0.3, -0.25) is 18.2 Å². The first kappa shape index (κ1) is 58.5. The molecule has 6 aromatic carbocycles. The number of nitrogens with two attached hydrogens (primary N) is 2. The fraction of sp³-hybridized carbons (Fsp3) is 0.194. The number of carbonyl (C=O) groups excluding carboxylic acids is 2. The Hall–Kier alpha value is -9.22. The number of anilines is 6. The van der Waals surface area contributed by atoms with Crippen LogP contribution >= 0.6 is 23.2 Å². The minimum atomic E-state index is -3.85.